The van der Waals surface area contributed by atoms with Gasteiger partial charge in [0.2, 0.25) is 0 Å². The fourth-order valence-electron chi connectivity index (χ4n) is 4.09. The fourth-order valence-corrected chi connectivity index (χ4v) is 4.09. The predicted molar refractivity (Wildman–Crippen MR) is 79.0 cm³/mol. The molecule has 0 aromatic heterocycles. The lowest BCUT2D eigenvalue weighted by Gasteiger charge is -2.48. The van der Waals surface area contributed by atoms with Crippen LogP contribution in [0.4, 0.5) is 0 Å². The molecule has 2 bridgehead atoms. The van der Waals surface area contributed by atoms with E-state index in [1.807, 2.05) is 0 Å². The van der Waals surface area contributed by atoms with Crippen molar-refractivity contribution in [2.75, 3.05) is 7.05 Å². The Balaban J connectivity index is 1.86. The van der Waals surface area contributed by atoms with Gasteiger partial charge in [0.25, 0.3) is 0 Å². The number of piperidine rings is 2. The summed E-state index contributed by atoms with van der Waals surface area (Å²) in [6.07, 6.45) is 12.4. The standard InChI is InChI=1S/C16H32N2/c1-4-7-13(8-5-2)17-14-11-15-9-6-10-16(12-14)18(15)3/h13-17H,4-12H2,1-3H3. The van der Waals surface area contributed by atoms with Gasteiger partial charge >= 0.3 is 0 Å². The summed E-state index contributed by atoms with van der Waals surface area (Å²) in [6.45, 7) is 4.63. The van der Waals surface area contributed by atoms with Crippen LogP contribution in [0.3, 0.4) is 0 Å². The van der Waals surface area contributed by atoms with Crippen LogP contribution in [0.5, 0.6) is 0 Å². The van der Waals surface area contributed by atoms with E-state index in [-0.39, 0.29) is 0 Å². The molecule has 0 aromatic carbocycles. The Morgan fingerprint density at radius 1 is 1.06 bits per heavy atom. The van der Waals surface area contributed by atoms with Gasteiger partial charge in [0, 0.05) is 24.2 Å². The molecule has 2 unspecified atom stereocenters. The first-order chi connectivity index (χ1) is 8.74. The van der Waals surface area contributed by atoms with Crippen molar-refractivity contribution in [2.45, 2.75) is 95.8 Å². The topological polar surface area (TPSA) is 15.3 Å². The Bertz CT molecular complexity index is 221. The van der Waals surface area contributed by atoms with Crippen LogP contribution >= 0.6 is 0 Å². The van der Waals surface area contributed by atoms with Gasteiger partial charge in [0.05, 0.1) is 0 Å². The number of fused-ring (bicyclic) bond motifs is 2. The first-order valence-corrected chi connectivity index (χ1v) is 8.22. The van der Waals surface area contributed by atoms with E-state index in [1.165, 1.54) is 57.8 Å². The summed E-state index contributed by atoms with van der Waals surface area (Å²) < 4.78 is 0. The fraction of sp³-hybridized carbons (Fsp3) is 1.00. The number of nitrogens with zero attached hydrogens (tertiary/aromatic N) is 1. The zero-order chi connectivity index (χ0) is 13.0. The smallest absolute Gasteiger partial charge is 0.0110 e. The van der Waals surface area contributed by atoms with E-state index in [1.54, 1.807) is 0 Å². The van der Waals surface area contributed by atoms with Gasteiger partial charge in [0.1, 0.15) is 0 Å². The monoisotopic (exact) mass is 252 g/mol. The summed E-state index contributed by atoms with van der Waals surface area (Å²) in [5.41, 5.74) is 0. The molecule has 2 aliphatic rings. The van der Waals surface area contributed by atoms with Gasteiger partial charge in [-0.15, -0.1) is 0 Å². The Labute approximate surface area is 114 Å². The lowest BCUT2D eigenvalue weighted by molar-refractivity contribution is 0.0451. The largest absolute Gasteiger partial charge is 0.311 e. The minimum Gasteiger partial charge on any atom is -0.311 e. The SMILES string of the molecule is CCCC(CCC)NC1CC2CCCC(C1)N2C. The molecule has 2 saturated heterocycles. The second-order valence-corrected chi connectivity index (χ2v) is 6.51. The first-order valence-electron chi connectivity index (χ1n) is 8.22. The van der Waals surface area contributed by atoms with Crippen molar-refractivity contribution in [3.8, 4) is 0 Å². The Morgan fingerprint density at radius 2 is 1.61 bits per heavy atom. The molecule has 0 amide bonds. The van der Waals surface area contributed by atoms with Crippen LogP contribution in [0, 0.1) is 0 Å². The molecule has 0 radical (unpaired) electrons. The predicted octanol–water partition coefficient (Wildman–Crippen LogP) is 3.56. The van der Waals surface area contributed by atoms with Crippen LogP contribution in [0.2, 0.25) is 0 Å². The van der Waals surface area contributed by atoms with Crippen molar-refractivity contribution < 1.29 is 0 Å². The molecule has 2 rings (SSSR count). The summed E-state index contributed by atoms with van der Waals surface area (Å²) in [7, 11) is 2.35. The number of rotatable bonds is 6. The van der Waals surface area contributed by atoms with Gasteiger partial charge in [0.15, 0.2) is 0 Å². The second-order valence-electron chi connectivity index (χ2n) is 6.51. The van der Waals surface area contributed by atoms with E-state index < -0.39 is 0 Å². The van der Waals surface area contributed by atoms with Gasteiger partial charge in [-0.3, -0.25) is 0 Å². The number of nitrogens with one attached hydrogen (secondary N) is 1. The summed E-state index contributed by atoms with van der Waals surface area (Å²) in [5.74, 6) is 0. The molecule has 18 heavy (non-hydrogen) atoms. The molecule has 106 valence electrons. The maximum atomic E-state index is 3.98. The normalized spacial score (nSPS) is 33.0. The summed E-state index contributed by atoms with van der Waals surface area (Å²) in [4.78, 5) is 2.66. The second kappa shape index (κ2) is 6.91. The van der Waals surface area contributed by atoms with Gasteiger partial charge in [-0.05, 0) is 45.6 Å². The summed E-state index contributed by atoms with van der Waals surface area (Å²) in [6, 6.07) is 3.28. The zero-order valence-corrected chi connectivity index (χ0v) is 12.6. The number of hydrogen-bond acceptors (Lipinski definition) is 2. The summed E-state index contributed by atoms with van der Waals surface area (Å²) >= 11 is 0. The Morgan fingerprint density at radius 3 is 2.11 bits per heavy atom. The van der Waals surface area contributed by atoms with Crippen LogP contribution in [0.25, 0.3) is 0 Å². The molecule has 2 fully saturated rings. The van der Waals surface area contributed by atoms with E-state index in [0.29, 0.717) is 0 Å². The molecule has 1 N–H and O–H groups in total. The van der Waals surface area contributed by atoms with Crippen LogP contribution in [-0.2, 0) is 0 Å². The minimum atomic E-state index is 0.772. The number of hydrogen-bond donors (Lipinski definition) is 1. The Kier molecular flexibility index (Phi) is 5.50. The first kappa shape index (κ1) is 14.3. The average molecular weight is 252 g/mol. The molecular formula is C16H32N2. The highest BCUT2D eigenvalue weighted by molar-refractivity contribution is 4.94. The van der Waals surface area contributed by atoms with Crippen molar-refractivity contribution in [1.82, 2.24) is 10.2 Å². The van der Waals surface area contributed by atoms with Crippen molar-refractivity contribution in [1.29, 1.82) is 0 Å². The molecule has 2 nitrogen and oxygen atoms in total. The van der Waals surface area contributed by atoms with Crippen LogP contribution in [0.15, 0.2) is 0 Å². The van der Waals surface area contributed by atoms with Crippen molar-refractivity contribution >= 4 is 0 Å². The highest BCUT2D eigenvalue weighted by Gasteiger charge is 2.36. The van der Waals surface area contributed by atoms with Crippen molar-refractivity contribution in [2.24, 2.45) is 0 Å². The van der Waals surface area contributed by atoms with Gasteiger partial charge in [-0.1, -0.05) is 33.1 Å². The van der Waals surface area contributed by atoms with Crippen molar-refractivity contribution in [3.05, 3.63) is 0 Å². The average Bonchev–Trinajstić information content (AvgIpc) is 2.31. The van der Waals surface area contributed by atoms with Crippen LogP contribution < -0.4 is 5.32 Å². The molecule has 0 saturated carbocycles. The van der Waals surface area contributed by atoms with E-state index in [2.05, 4.69) is 31.1 Å². The third-order valence-electron chi connectivity index (χ3n) is 5.09. The van der Waals surface area contributed by atoms with Crippen molar-refractivity contribution in [3.63, 3.8) is 0 Å². The highest BCUT2D eigenvalue weighted by Crippen LogP contribution is 2.33. The molecular weight excluding hydrogens is 220 g/mol. The van der Waals surface area contributed by atoms with E-state index >= 15 is 0 Å². The van der Waals surface area contributed by atoms with E-state index in [4.69, 9.17) is 0 Å². The third-order valence-corrected chi connectivity index (χ3v) is 5.09. The highest BCUT2D eigenvalue weighted by atomic mass is 15.2. The lowest BCUT2D eigenvalue weighted by Crippen LogP contribution is -2.55. The lowest BCUT2D eigenvalue weighted by atomic mass is 9.82. The molecule has 2 heteroatoms. The quantitative estimate of drug-likeness (QED) is 0.777. The van der Waals surface area contributed by atoms with Gasteiger partial charge in [-0.25, -0.2) is 0 Å². The third kappa shape index (κ3) is 3.48. The maximum absolute atomic E-state index is 3.98. The van der Waals surface area contributed by atoms with Crippen LogP contribution in [-0.4, -0.2) is 36.1 Å². The molecule has 2 aliphatic heterocycles. The van der Waals surface area contributed by atoms with Gasteiger partial charge in [-0.2, -0.15) is 0 Å². The molecule has 0 aliphatic carbocycles. The van der Waals surface area contributed by atoms with Crippen LogP contribution in [0.1, 0.15) is 71.6 Å². The molecule has 0 aromatic rings. The molecule has 0 spiro atoms. The van der Waals surface area contributed by atoms with E-state index in [9.17, 15) is 0 Å². The summed E-state index contributed by atoms with van der Waals surface area (Å²) in [5, 5.41) is 3.98. The molecule has 2 heterocycles. The zero-order valence-electron chi connectivity index (χ0n) is 12.6. The molecule has 2 atom stereocenters. The van der Waals surface area contributed by atoms with Gasteiger partial charge < -0.3 is 10.2 Å². The van der Waals surface area contributed by atoms with E-state index in [0.717, 1.165) is 24.2 Å². The Hall–Kier alpha value is -0.0800. The maximum Gasteiger partial charge on any atom is 0.0110 e. The minimum absolute atomic E-state index is 0.772.